The van der Waals surface area contributed by atoms with Gasteiger partial charge in [-0.1, -0.05) is 36.3 Å². The van der Waals surface area contributed by atoms with Crippen LogP contribution < -0.4 is 0 Å². The van der Waals surface area contributed by atoms with Gasteiger partial charge in [-0.05, 0) is 12.5 Å². The Morgan fingerprint density at radius 1 is 1.44 bits per heavy atom. The van der Waals surface area contributed by atoms with E-state index in [4.69, 9.17) is 11.2 Å². The molecule has 0 aliphatic carbocycles. The monoisotopic (exact) mass is 217 g/mol. The number of nitrogens with zero attached hydrogens (tertiary/aromatic N) is 1. The summed E-state index contributed by atoms with van der Waals surface area (Å²) >= 11 is 0. The number of terminal acetylenes is 1. The molecule has 0 saturated heterocycles. The third kappa shape index (κ3) is 3.66. The van der Waals surface area contributed by atoms with Gasteiger partial charge in [0.25, 0.3) is 0 Å². The number of carbonyl (C=O) groups excluding carboxylic acids is 1. The highest BCUT2D eigenvalue weighted by atomic mass is 16.6. The standard InChI is InChI=1S/C13H15NO2/c1-3-10-14(4-2)13(15)16-11-12-8-6-5-7-9-12/h1,5-9H,4,10-11H2,2H3. The van der Waals surface area contributed by atoms with Crippen LogP contribution in [0.3, 0.4) is 0 Å². The molecule has 84 valence electrons. The van der Waals surface area contributed by atoms with Crippen molar-refractivity contribution in [3.8, 4) is 12.3 Å². The van der Waals surface area contributed by atoms with Crippen LogP contribution in [0.5, 0.6) is 0 Å². The van der Waals surface area contributed by atoms with Gasteiger partial charge in [-0.2, -0.15) is 0 Å². The second-order valence-electron chi connectivity index (χ2n) is 3.26. The van der Waals surface area contributed by atoms with Crippen LogP contribution in [0.1, 0.15) is 12.5 Å². The molecular weight excluding hydrogens is 202 g/mol. The summed E-state index contributed by atoms with van der Waals surface area (Å²) in [5.41, 5.74) is 0.965. The molecule has 0 fully saturated rings. The molecule has 0 unspecified atom stereocenters. The number of hydrogen-bond acceptors (Lipinski definition) is 2. The number of amides is 1. The fraction of sp³-hybridized carbons (Fsp3) is 0.308. The predicted molar refractivity (Wildman–Crippen MR) is 62.7 cm³/mol. The maximum Gasteiger partial charge on any atom is 0.410 e. The van der Waals surface area contributed by atoms with Crippen LogP contribution in [0.25, 0.3) is 0 Å². The smallest absolute Gasteiger partial charge is 0.410 e. The van der Waals surface area contributed by atoms with E-state index in [2.05, 4.69) is 5.92 Å². The van der Waals surface area contributed by atoms with E-state index in [0.717, 1.165) is 5.56 Å². The van der Waals surface area contributed by atoms with E-state index in [0.29, 0.717) is 6.54 Å². The van der Waals surface area contributed by atoms with Gasteiger partial charge in [0.05, 0.1) is 6.54 Å². The van der Waals surface area contributed by atoms with E-state index in [9.17, 15) is 4.79 Å². The lowest BCUT2D eigenvalue weighted by atomic mass is 10.2. The highest BCUT2D eigenvalue weighted by Gasteiger charge is 2.11. The first-order valence-corrected chi connectivity index (χ1v) is 5.17. The highest BCUT2D eigenvalue weighted by Crippen LogP contribution is 2.02. The van der Waals surface area contributed by atoms with Gasteiger partial charge in [-0.15, -0.1) is 6.42 Å². The van der Waals surface area contributed by atoms with Crippen LogP contribution in [0.15, 0.2) is 30.3 Å². The molecule has 0 aliphatic heterocycles. The van der Waals surface area contributed by atoms with Crippen molar-refractivity contribution < 1.29 is 9.53 Å². The maximum atomic E-state index is 11.5. The van der Waals surface area contributed by atoms with Crippen LogP contribution in [-0.4, -0.2) is 24.1 Å². The summed E-state index contributed by atoms with van der Waals surface area (Å²) in [4.78, 5) is 13.0. The van der Waals surface area contributed by atoms with Crippen molar-refractivity contribution in [3.05, 3.63) is 35.9 Å². The molecule has 0 heterocycles. The van der Waals surface area contributed by atoms with Gasteiger partial charge in [0.1, 0.15) is 6.61 Å². The lowest BCUT2D eigenvalue weighted by Crippen LogP contribution is -2.31. The molecule has 3 nitrogen and oxygen atoms in total. The van der Waals surface area contributed by atoms with Gasteiger partial charge in [-0.25, -0.2) is 4.79 Å². The zero-order chi connectivity index (χ0) is 11.8. The molecule has 16 heavy (non-hydrogen) atoms. The molecule has 0 aromatic heterocycles. The predicted octanol–water partition coefficient (Wildman–Crippen LogP) is 2.28. The van der Waals surface area contributed by atoms with Crippen molar-refractivity contribution in [1.29, 1.82) is 0 Å². The summed E-state index contributed by atoms with van der Waals surface area (Å²) in [5.74, 6) is 2.42. The Morgan fingerprint density at radius 3 is 2.69 bits per heavy atom. The SMILES string of the molecule is C#CCN(CC)C(=O)OCc1ccccc1. The third-order valence-corrected chi connectivity index (χ3v) is 2.13. The van der Waals surface area contributed by atoms with E-state index in [1.165, 1.54) is 4.90 Å². The molecule has 3 heteroatoms. The molecule has 0 atom stereocenters. The second kappa shape index (κ2) is 6.52. The summed E-state index contributed by atoms with van der Waals surface area (Å²) in [6, 6.07) is 9.54. The lowest BCUT2D eigenvalue weighted by Gasteiger charge is -2.17. The topological polar surface area (TPSA) is 29.5 Å². The molecular formula is C13H15NO2. The Balaban J connectivity index is 2.43. The minimum atomic E-state index is -0.371. The first-order valence-electron chi connectivity index (χ1n) is 5.17. The first-order chi connectivity index (χ1) is 7.77. The van der Waals surface area contributed by atoms with E-state index in [-0.39, 0.29) is 19.2 Å². The van der Waals surface area contributed by atoms with Crippen molar-refractivity contribution in [2.75, 3.05) is 13.1 Å². The Labute approximate surface area is 96.0 Å². The molecule has 0 aliphatic rings. The number of rotatable bonds is 4. The summed E-state index contributed by atoms with van der Waals surface area (Å²) in [7, 11) is 0. The number of benzene rings is 1. The third-order valence-electron chi connectivity index (χ3n) is 2.13. The second-order valence-corrected chi connectivity index (χ2v) is 3.26. The number of hydrogen-bond donors (Lipinski definition) is 0. The zero-order valence-electron chi connectivity index (χ0n) is 9.35. The fourth-order valence-electron chi connectivity index (χ4n) is 1.23. The molecule has 1 amide bonds. The van der Waals surface area contributed by atoms with Gasteiger partial charge in [0.15, 0.2) is 0 Å². The summed E-state index contributed by atoms with van der Waals surface area (Å²) in [6.07, 6.45) is 4.78. The number of ether oxygens (including phenoxy) is 1. The molecule has 0 spiro atoms. The Hall–Kier alpha value is -1.95. The normalized spacial score (nSPS) is 9.25. The summed E-state index contributed by atoms with van der Waals surface area (Å²) in [6.45, 7) is 2.98. The van der Waals surface area contributed by atoms with E-state index in [1.54, 1.807) is 0 Å². The minimum Gasteiger partial charge on any atom is -0.445 e. The minimum absolute atomic E-state index is 0.279. The average molecular weight is 217 g/mol. The van der Waals surface area contributed by atoms with Gasteiger partial charge in [0, 0.05) is 6.54 Å². The Kier molecular flexibility index (Phi) is 4.94. The average Bonchev–Trinajstić information content (AvgIpc) is 2.34. The molecule has 0 bridgehead atoms. The molecule has 0 saturated carbocycles. The molecule has 1 aromatic carbocycles. The summed E-state index contributed by atoms with van der Waals surface area (Å²) in [5, 5.41) is 0. The Morgan fingerprint density at radius 2 is 2.12 bits per heavy atom. The van der Waals surface area contributed by atoms with Crippen molar-refractivity contribution in [2.24, 2.45) is 0 Å². The van der Waals surface area contributed by atoms with E-state index < -0.39 is 0 Å². The van der Waals surface area contributed by atoms with Crippen molar-refractivity contribution in [3.63, 3.8) is 0 Å². The van der Waals surface area contributed by atoms with Crippen molar-refractivity contribution in [1.82, 2.24) is 4.90 Å². The van der Waals surface area contributed by atoms with Gasteiger partial charge in [-0.3, -0.25) is 4.90 Å². The highest BCUT2D eigenvalue weighted by molar-refractivity contribution is 5.67. The molecule has 1 rings (SSSR count). The zero-order valence-corrected chi connectivity index (χ0v) is 9.35. The van der Waals surface area contributed by atoms with Crippen LogP contribution >= 0.6 is 0 Å². The van der Waals surface area contributed by atoms with Crippen molar-refractivity contribution >= 4 is 6.09 Å². The molecule has 0 radical (unpaired) electrons. The van der Waals surface area contributed by atoms with E-state index >= 15 is 0 Å². The van der Waals surface area contributed by atoms with Crippen LogP contribution in [-0.2, 0) is 11.3 Å². The number of carbonyl (C=O) groups is 1. The lowest BCUT2D eigenvalue weighted by molar-refractivity contribution is 0.102. The molecule has 0 N–H and O–H groups in total. The van der Waals surface area contributed by atoms with Gasteiger partial charge < -0.3 is 4.74 Å². The van der Waals surface area contributed by atoms with E-state index in [1.807, 2.05) is 37.3 Å². The van der Waals surface area contributed by atoms with Crippen LogP contribution in [0.2, 0.25) is 0 Å². The van der Waals surface area contributed by atoms with Crippen LogP contribution in [0, 0.1) is 12.3 Å². The quantitative estimate of drug-likeness (QED) is 0.724. The largest absolute Gasteiger partial charge is 0.445 e. The summed E-state index contributed by atoms with van der Waals surface area (Å²) < 4.78 is 5.13. The van der Waals surface area contributed by atoms with Crippen molar-refractivity contribution in [2.45, 2.75) is 13.5 Å². The maximum absolute atomic E-state index is 11.5. The van der Waals surface area contributed by atoms with Gasteiger partial charge in [0.2, 0.25) is 0 Å². The van der Waals surface area contributed by atoms with Crippen LogP contribution in [0.4, 0.5) is 4.79 Å². The van der Waals surface area contributed by atoms with Gasteiger partial charge >= 0.3 is 6.09 Å². The Bertz CT molecular complexity index is 367. The fourth-order valence-corrected chi connectivity index (χ4v) is 1.23. The first kappa shape index (κ1) is 12.1. The molecule has 1 aromatic rings.